The molecule has 106 valence electrons. The third-order valence-corrected chi connectivity index (χ3v) is 3.63. The highest BCUT2D eigenvalue weighted by atomic mass is 79.9. The van der Waals surface area contributed by atoms with Gasteiger partial charge in [0.25, 0.3) is 0 Å². The predicted molar refractivity (Wildman–Crippen MR) is 86.3 cm³/mol. The van der Waals surface area contributed by atoms with Gasteiger partial charge in [-0.2, -0.15) is 0 Å². The maximum atomic E-state index is 5.42. The van der Waals surface area contributed by atoms with Gasteiger partial charge in [-0.25, -0.2) is 4.98 Å². The molecule has 1 heterocycles. The molecule has 0 spiro atoms. The number of nitrogens with one attached hydrogen (secondary N) is 1. The van der Waals surface area contributed by atoms with Crippen molar-refractivity contribution < 1.29 is 4.74 Å². The van der Waals surface area contributed by atoms with E-state index in [4.69, 9.17) is 4.74 Å². The van der Waals surface area contributed by atoms with Gasteiger partial charge < -0.3 is 10.1 Å². The quantitative estimate of drug-likeness (QED) is 0.868. The maximum Gasteiger partial charge on any atom is 0.126 e. The summed E-state index contributed by atoms with van der Waals surface area (Å²) >= 11 is 3.38. The van der Waals surface area contributed by atoms with Crippen LogP contribution in [0.1, 0.15) is 30.9 Å². The van der Waals surface area contributed by atoms with E-state index in [1.807, 2.05) is 18.2 Å². The number of anilines is 1. The zero-order valence-corrected chi connectivity index (χ0v) is 13.6. The van der Waals surface area contributed by atoms with Crippen LogP contribution in [0.3, 0.4) is 0 Å². The molecule has 0 saturated heterocycles. The molecular weight excluding hydrogens is 316 g/mol. The molecule has 20 heavy (non-hydrogen) atoms. The predicted octanol–water partition coefficient (Wildman–Crippen LogP) is 4.59. The number of ether oxygens (including phenoxy) is 1. The van der Waals surface area contributed by atoms with Gasteiger partial charge in [0.15, 0.2) is 0 Å². The van der Waals surface area contributed by atoms with E-state index in [9.17, 15) is 0 Å². The lowest BCUT2D eigenvalue weighted by Crippen LogP contribution is -2.04. The summed E-state index contributed by atoms with van der Waals surface area (Å²) in [5.41, 5.74) is 2.45. The standard InChI is InChI=1S/C16H19BrN2O/c1-11(2)12-4-6-15(20-3)13(8-12)9-18-16-7-5-14(17)10-19-16/h4-8,10-11H,9H2,1-3H3,(H,18,19). The van der Waals surface area contributed by atoms with E-state index in [1.165, 1.54) is 5.56 Å². The van der Waals surface area contributed by atoms with Gasteiger partial charge in [-0.15, -0.1) is 0 Å². The van der Waals surface area contributed by atoms with Gasteiger partial charge >= 0.3 is 0 Å². The molecule has 1 aromatic carbocycles. The Kier molecular flexibility index (Phi) is 5.01. The summed E-state index contributed by atoms with van der Waals surface area (Å²) in [4.78, 5) is 4.31. The van der Waals surface area contributed by atoms with Crippen molar-refractivity contribution >= 4 is 21.7 Å². The Hall–Kier alpha value is -1.55. The summed E-state index contributed by atoms with van der Waals surface area (Å²) in [6, 6.07) is 10.3. The molecule has 0 aliphatic carbocycles. The molecule has 4 heteroatoms. The molecule has 0 fully saturated rings. The second-order valence-electron chi connectivity index (χ2n) is 4.94. The molecule has 0 atom stereocenters. The van der Waals surface area contributed by atoms with Crippen LogP contribution in [0.4, 0.5) is 5.82 Å². The molecule has 0 aliphatic rings. The van der Waals surface area contributed by atoms with Crippen LogP contribution < -0.4 is 10.1 Å². The Morgan fingerprint density at radius 3 is 2.65 bits per heavy atom. The van der Waals surface area contributed by atoms with Gasteiger partial charge in [-0.05, 0) is 45.6 Å². The van der Waals surface area contributed by atoms with E-state index in [-0.39, 0.29) is 0 Å². The minimum atomic E-state index is 0.505. The van der Waals surface area contributed by atoms with Crippen molar-refractivity contribution in [3.63, 3.8) is 0 Å². The third kappa shape index (κ3) is 3.73. The average Bonchev–Trinajstić information content (AvgIpc) is 2.46. The molecule has 0 saturated carbocycles. The average molecular weight is 335 g/mol. The van der Waals surface area contributed by atoms with Crippen LogP contribution in [0.2, 0.25) is 0 Å². The van der Waals surface area contributed by atoms with Gasteiger partial charge in [0.05, 0.1) is 7.11 Å². The topological polar surface area (TPSA) is 34.1 Å². The van der Waals surface area contributed by atoms with Crippen LogP contribution in [0, 0.1) is 0 Å². The smallest absolute Gasteiger partial charge is 0.126 e. The molecular formula is C16H19BrN2O. The Morgan fingerprint density at radius 1 is 1.25 bits per heavy atom. The van der Waals surface area contributed by atoms with E-state index in [0.717, 1.165) is 21.6 Å². The molecule has 1 aromatic heterocycles. The van der Waals surface area contributed by atoms with Crippen molar-refractivity contribution in [1.29, 1.82) is 0 Å². The first-order valence-corrected chi connectivity index (χ1v) is 7.41. The first-order valence-electron chi connectivity index (χ1n) is 6.62. The van der Waals surface area contributed by atoms with E-state index in [2.05, 4.69) is 52.2 Å². The molecule has 2 rings (SSSR count). The summed E-state index contributed by atoms with van der Waals surface area (Å²) in [5, 5.41) is 3.32. The van der Waals surface area contributed by atoms with Crippen LogP contribution in [-0.2, 0) is 6.54 Å². The zero-order valence-electron chi connectivity index (χ0n) is 12.0. The lowest BCUT2D eigenvalue weighted by atomic mass is 10.0. The van der Waals surface area contributed by atoms with Crippen molar-refractivity contribution in [2.75, 3.05) is 12.4 Å². The Balaban J connectivity index is 2.14. The van der Waals surface area contributed by atoms with E-state index < -0.39 is 0 Å². The third-order valence-electron chi connectivity index (χ3n) is 3.16. The lowest BCUT2D eigenvalue weighted by molar-refractivity contribution is 0.410. The summed E-state index contributed by atoms with van der Waals surface area (Å²) in [7, 11) is 1.70. The number of hydrogen-bond acceptors (Lipinski definition) is 3. The molecule has 0 aliphatic heterocycles. The SMILES string of the molecule is COc1ccc(C(C)C)cc1CNc1ccc(Br)cn1. The first kappa shape index (κ1) is 14.9. The molecule has 3 nitrogen and oxygen atoms in total. The van der Waals surface area contributed by atoms with Crippen molar-refractivity contribution in [2.24, 2.45) is 0 Å². The number of nitrogens with zero attached hydrogens (tertiary/aromatic N) is 1. The number of benzene rings is 1. The minimum absolute atomic E-state index is 0.505. The summed E-state index contributed by atoms with van der Waals surface area (Å²) in [6.45, 7) is 5.07. The molecule has 2 aromatic rings. The van der Waals surface area contributed by atoms with Crippen LogP contribution in [-0.4, -0.2) is 12.1 Å². The summed E-state index contributed by atoms with van der Waals surface area (Å²) < 4.78 is 6.39. The Morgan fingerprint density at radius 2 is 2.05 bits per heavy atom. The van der Waals surface area contributed by atoms with Crippen molar-refractivity contribution in [2.45, 2.75) is 26.3 Å². The fourth-order valence-electron chi connectivity index (χ4n) is 1.96. The second kappa shape index (κ2) is 6.75. The number of pyridine rings is 1. The number of halogens is 1. The monoisotopic (exact) mass is 334 g/mol. The van der Waals surface area contributed by atoms with Crippen LogP contribution in [0.25, 0.3) is 0 Å². The fourth-order valence-corrected chi connectivity index (χ4v) is 2.20. The van der Waals surface area contributed by atoms with Crippen molar-refractivity contribution in [3.05, 3.63) is 52.1 Å². The highest BCUT2D eigenvalue weighted by Crippen LogP contribution is 2.25. The number of aromatic nitrogens is 1. The van der Waals surface area contributed by atoms with Gasteiger partial charge in [-0.1, -0.05) is 26.0 Å². The normalized spacial score (nSPS) is 10.7. The maximum absolute atomic E-state index is 5.42. The van der Waals surface area contributed by atoms with Gasteiger partial charge in [-0.3, -0.25) is 0 Å². The highest BCUT2D eigenvalue weighted by Gasteiger charge is 2.07. The van der Waals surface area contributed by atoms with Crippen LogP contribution >= 0.6 is 15.9 Å². The molecule has 0 amide bonds. The van der Waals surface area contributed by atoms with Gasteiger partial charge in [0, 0.05) is 22.8 Å². The Bertz CT molecular complexity index is 567. The lowest BCUT2D eigenvalue weighted by Gasteiger charge is -2.13. The molecule has 1 N–H and O–H groups in total. The van der Waals surface area contributed by atoms with E-state index in [0.29, 0.717) is 12.5 Å². The highest BCUT2D eigenvalue weighted by molar-refractivity contribution is 9.10. The van der Waals surface area contributed by atoms with Crippen molar-refractivity contribution in [3.8, 4) is 5.75 Å². The first-order chi connectivity index (χ1) is 9.60. The van der Waals surface area contributed by atoms with E-state index in [1.54, 1.807) is 13.3 Å². The minimum Gasteiger partial charge on any atom is -0.496 e. The van der Waals surface area contributed by atoms with E-state index >= 15 is 0 Å². The van der Waals surface area contributed by atoms with Gasteiger partial charge in [0.1, 0.15) is 11.6 Å². The van der Waals surface area contributed by atoms with Crippen molar-refractivity contribution in [1.82, 2.24) is 4.98 Å². The number of methoxy groups -OCH3 is 1. The Labute approximate surface area is 128 Å². The second-order valence-corrected chi connectivity index (χ2v) is 5.86. The molecule has 0 unspecified atom stereocenters. The fraction of sp³-hybridized carbons (Fsp3) is 0.312. The number of hydrogen-bond donors (Lipinski definition) is 1. The molecule has 0 bridgehead atoms. The summed E-state index contributed by atoms with van der Waals surface area (Å²) in [5.74, 6) is 2.26. The van der Waals surface area contributed by atoms with Gasteiger partial charge in [0.2, 0.25) is 0 Å². The van der Waals surface area contributed by atoms with Crippen LogP contribution in [0.15, 0.2) is 41.0 Å². The zero-order chi connectivity index (χ0) is 14.5. The number of rotatable bonds is 5. The summed E-state index contributed by atoms with van der Waals surface area (Å²) in [6.07, 6.45) is 1.78. The van der Waals surface area contributed by atoms with Crippen LogP contribution in [0.5, 0.6) is 5.75 Å². The molecule has 0 radical (unpaired) electrons. The largest absolute Gasteiger partial charge is 0.496 e.